The zero-order valence-electron chi connectivity index (χ0n) is 13.6. The molecule has 22 heavy (non-hydrogen) atoms. The highest BCUT2D eigenvalue weighted by molar-refractivity contribution is 5.94. The van der Waals surface area contributed by atoms with E-state index in [1.54, 1.807) is 0 Å². The van der Waals surface area contributed by atoms with Crippen LogP contribution in [0.4, 0.5) is 5.69 Å². The molecule has 0 unspecified atom stereocenters. The monoisotopic (exact) mass is 296 g/mol. The molecule has 0 aromatic heterocycles. The molecular weight excluding hydrogens is 272 g/mol. The molecule has 116 valence electrons. The van der Waals surface area contributed by atoms with Crippen LogP contribution in [0.15, 0.2) is 48.5 Å². The molecule has 0 heterocycles. The van der Waals surface area contributed by atoms with E-state index in [1.807, 2.05) is 31.2 Å². The lowest BCUT2D eigenvalue weighted by Gasteiger charge is -2.23. The van der Waals surface area contributed by atoms with Crippen LogP contribution in [0.3, 0.4) is 0 Å². The van der Waals surface area contributed by atoms with Crippen molar-refractivity contribution in [3.05, 3.63) is 65.2 Å². The fraction of sp³-hybridized carbons (Fsp3) is 0.316. The van der Waals surface area contributed by atoms with Gasteiger partial charge in [0.25, 0.3) is 5.91 Å². The Labute approximate surface area is 133 Å². The number of amides is 1. The van der Waals surface area contributed by atoms with Gasteiger partial charge >= 0.3 is 0 Å². The quantitative estimate of drug-likeness (QED) is 0.884. The number of carbonyl (C=O) groups is 1. The van der Waals surface area contributed by atoms with Gasteiger partial charge in [0.15, 0.2) is 0 Å². The molecule has 1 amide bonds. The first-order valence-electron chi connectivity index (χ1n) is 7.76. The Morgan fingerprint density at radius 2 is 1.73 bits per heavy atom. The van der Waals surface area contributed by atoms with Gasteiger partial charge in [0.05, 0.1) is 0 Å². The van der Waals surface area contributed by atoms with Crippen LogP contribution >= 0.6 is 0 Å². The minimum absolute atomic E-state index is 0.0102. The van der Waals surface area contributed by atoms with E-state index in [4.69, 9.17) is 0 Å². The number of likely N-dealkylation sites (N-methyl/N-ethyl adjacent to an activating group) is 1. The molecule has 3 heteroatoms. The highest BCUT2D eigenvalue weighted by Crippen LogP contribution is 2.15. The minimum Gasteiger partial charge on any atom is -0.370 e. The molecule has 3 nitrogen and oxygen atoms in total. The van der Waals surface area contributed by atoms with Crippen molar-refractivity contribution >= 4 is 11.6 Å². The number of rotatable bonds is 6. The highest BCUT2D eigenvalue weighted by Gasteiger charge is 2.07. The maximum Gasteiger partial charge on any atom is 0.251 e. The molecule has 0 saturated heterocycles. The molecule has 0 saturated carbocycles. The van der Waals surface area contributed by atoms with Crippen molar-refractivity contribution in [2.45, 2.75) is 20.8 Å². The van der Waals surface area contributed by atoms with E-state index < -0.39 is 0 Å². The first kappa shape index (κ1) is 16.1. The normalized spacial score (nSPS) is 10.3. The van der Waals surface area contributed by atoms with E-state index in [9.17, 15) is 4.79 Å². The van der Waals surface area contributed by atoms with Crippen molar-refractivity contribution in [3.63, 3.8) is 0 Å². The number of nitrogens with one attached hydrogen (secondary N) is 1. The molecule has 2 aromatic carbocycles. The molecule has 0 radical (unpaired) electrons. The molecule has 0 spiro atoms. The van der Waals surface area contributed by atoms with Gasteiger partial charge < -0.3 is 10.2 Å². The van der Waals surface area contributed by atoms with Crippen LogP contribution in [-0.4, -0.2) is 25.5 Å². The van der Waals surface area contributed by atoms with Crippen LogP contribution in [0.2, 0.25) is 0 Å². The lowest BCUT2D eigenvalue weighted by molar-refractivity contribution is 0.0954. The van der Waals surface area contributed by atoms with E-state index in [0.717, 1.165) is 24.2 Å². The number of anilines is 1. The van der Waals surface area contributed by atoms with Crippen molar-refractivity contribution in [1.29, 1.82) is 0 Å². The summed E-state index contributed by atoms with van der Waals surface area (Å²) in [5, 5.41) is 2.99. The standard InChI is InChI=1S/C19H24N2O/c1-4-21(18-10-6-8-16(3)14-18)12-11-20-19(22)17-9-5-7-15(2)13-17/h5-10,13-14H,4,11-12H2,1-3H3,(H,20,22). The summed E-state index contributed by atoms with van der Waals surface area (Å²) < 4.78 is 0. The third-order valence-electron chi connectivity index (χ3n) is 3.70. The average Bonchev–Trinajstić information content (AvgIpc) is 2.51. The summed E-state index contributed by atoms with van der Waals surface area (Å²) in [6, 6.07) is 16.1. The van der Waals surface area contributed by atoms with Crippen LogP contribution < -0.4 is 10.2 Å². The number of hydrogen-bond acceptors (Lipinski definition) is 2. The zero-order chi connectivity index (χ0) is 15.9. The maximum absolute atomic E-state index is 12.1. The lowest BCUT2D eigenvalue weighted by atomic mass is 10.1. The van der Waals surface area contributed by atoms with Crippen LogP contribution in [-0.2, 0) is 0 Å². The number of nitrogens with zero attached hydrogens (tertiary/aromatic N) is 1. The van der Waals surface area contributed by atoms with Gasteiger partial charge in [-0.1, -0.05) is 29.8 Å². The topological polar surface area (TPSA) is 32.3 Å². The predicted molar refractivity (Wildman–Crippen MR) is 92.6 cm³/mol. The molecule has 0 aliphatic rings. The van der Waals surface area contributed by atoms with Crippen molar-refractivity contribution < 1.29 is 4.79 Å². The molecule has 0 bridgehead atoms. The third-order valence-corrected chi connectivity index (χ3v) is 3.70. The van der Waals surface area contributed by atoms with Crippen LogP contribution in [0.25, 0.3) is 0 Å². The van der Waals surface area contributed by atoms with Gasteiger partial charge in [-0.3, -0.25) is 4.79 Å². The fourth-order valence-corrected chi connectivity index (χ4v) is 2.49. The lowest BCUT2D eigenvalue weighted by Crippen LogP contribution is -2.35. The summed E-state index contributed by atoms with van der Waals surface area (Å²) in [7, 11) is 0. The summed E-state index contributed by atoms with van der Waals surface area (Å²) in [5.74, 6) is -0.0102. The molecule has 0 atom stereocenters. The predicted octanol–water partition coefficient (Wildman–Crippen LogP) is 3.56. The van der Waals surface area contributed by atoms with Crippen molar-refractivity contribution in [1.82, 2.24) is 5.32 Å². The first-order chi connectivity index (χ1) is 10.6. The fourth-order valence-electron chi connectivity index (χ4n) is 2.49. The highest BCUT2D eigenvalue weighted by atomic mass is 16.1. The smallest absolute Gasteiger partial charge is 0.251 e. The van der Waals surface area contributed by atoms with Crippen molar-refractivity contribution in [2.24, 2.45) is 0 Å². The van der Waals surface area contributed by atoms with Gasteiger partial charge in [-0.2, -0.15) is 0 Å². The van der Waals surface area contributed by atoms with E-state index in [2.05, 4.69) is 48.3 Å². The number of benzene rings is 2. The molecule has 0 fully saturated rings. The van der Waals surface area contributed by atoms with Crippen molar-refractivity contribution in [2.75, 3.05) is 24.5 Å². The second kappa shape index (κ2) is 7.64. The third kappa shape index (κ3) is 4.35. The van der Waals surface area contributed by atoms with Gasteiger partial charge in [0.2, 0.25) is 0 Å². The van der Waals surface area contributed by atoms with Crippen molar-refractivity contribution in [3.8, 4) is 0 Å². The van der Waals surface area contributed by atoms with E-state index in [0.29, 0.717) is 6.54 Å². The summed E-state index contributed by atoms with van der Waals surface area (Å²) in [6.45, 7) is 8.57. The Morgan fingerprint density at radius 3 is 2.36 bits per heavy atom. The van der Waals surface area contributed by atoms with Crippen LogP contribution in [0, 0.1) is 13.8 Å². The Bertz CT molecular complexity index is 637. The second-order valence-electron chi connectivity index (χ2n) is 5.54. The molecule has 0 aliphatic carbocycles. The molecular formula is C19H24N2O. The largest absolute Gasteiger partial charge is 0.370 e. The average molecular weight is 296 g/mol. The molecule has 2 rings (SSSR count). The summed E-state index contributed by atoms with van der Waals surface area (Å²) in [4.78, 5) is 14.4. The summed E-state index contributed by atoms with van der Waals surface area (Å²) in [5.41, 5.74) is 4.27. The van der Waals surface area contributed by atoms with Crippen LogP contribution in [0.5, 0.6) is 0 Å². The Morgan fingerprint density at radius 1 is 1.05 bits per heavy atom. The summed E-state index contributed by atoms with van der Waals surface area (Å²) in [6.07, 6.45) is 0. The number of carbonyl (C=O) groups excluding carboxylic acids is 1. The van der Waals surface area contributed by atoms with Gasteiger partial charge in [0.1, 0.15) is 0 Å². The van der Waals surface area contributed by atoms with Gasteiger partial charge in [0, 0.05) is 30.9 Å². The maximum atomic E-state index is 12.1. The minimum atomic E-state index is -0.0102. The molecule has 2 aromatic rings. The molecule has 0 aliphatic heterocycles. The number of aryl methyl sites for hydroxylation is 2. The first-order valence-corrected chi connectivity index (χ1v) is 7.76. The summed E-state index contributed by atoms with van der Waals surface area (Å²) >= 11 is 0. The molecule has 1 N–H and O–H groups in total. The van der Waals surface area contributed by atoms with Crippen LogP contribution in [0.1, 0.15) is 28.4 Å². The number of hydrogen-bond donors (Lipinski definition) is 1. The van der Waals surface area contributed by atoms with E-state index in [-0.39, 0.29) is 5.91 Å². The van der Waals surface area contributed by atoms with Gasteiger partial charge in [-0.25, -0.2) is 0 Å². The van der Waals surface area contributed by atoms with E-state index >= 15 is 0 Å². The Balaban J connectivity index is 1.90. The van der Waals surface area contributed by atoms with E-state index in [1.165, 1.54) is 11.3 Å². The van der Waals surface area contributed by atoms with Gasteiger partial charge in [-0.05, 0) is 50.6 Å². The van der Waals surface area contributed by atoms with Gasteiger partial charge in [-0.15, -0.1) is 0 Å². The Hall–Kier alpha value is -2.29. The Kier molecular flexibility index (Phi) is 5.59. The SMILES string of the molecule is CCN(CCNC(=O)c1cccc(C)c1)c1cccc(C)c1. The second-order valence-corrected chi connectivity index (χ2v) is 5.54. The zero-order valence-corrected chi connectivity index (χ0v) is 13.6.